The molecule has 1 saturated carbocycles. The summed E-state index contributed by atoms with van der Waals surface area (Å²) in [6, 6.07) is 1.79. The Balaban J connectivity index is 1.93. The summed E-state index contributed by atoms with van der Waals surface area (Å²) < 4.78 is 5.47. The lowest BCUT2D eigenvalue weighted by Gasteiger charge is -2.03. The van der Waals surface area contributed by atoms with E-state index in [0.717, 1.165) is 18.2 Å². The molecular weight excluding hydrogens is 166 g/mol. The first-order valence-corrected chi connectivity index (χ1v) is 4.52. The van der Waals surface area contributed by atoms with Crippen molar-refractivity contribution in [3.63, 3.8) is 0 Å². The first-order chi connectivity index (χ1) is 6.38. The molecule has 1 aromatic rings. The van der Waals surface area contributed by atoms with Crippen LogP contribution in [0.1, 0.15) is 18.5 Å². The molecule has 1 aromatic heterocycles. The van der Waals surface area contributed by atoms with Gasteiger partial charge in [0.15, 0.2) is 0 Å². The molecule has 1 fully saturated rings. The highest BCUT2D eigenvalue weighted by Crippen LogP contribution is 2.29. The Labute approximate surface area is 77.1 Å². The lowest BCUT2D eigenvalue weighted by Crippen LogP contribution is -2.04. The maximum atomic E-state index is 5.47. The molecule has 4 heteroatoms. The molecule has 0 radical (unpaired) electrons. The Morgan fingerprint density at radius 1 is 1.46 bits per heavy atom. The molecular formula is C9H13N3O. The maximum absolute atomic E-state index is 5.47. The van der Waals surface area contributed by atoms with Gasteiger partial charge in [0.05, 0.1) is 12.3 Å². The van der Waals surface area contributed by atoms with E-state index in [9.17, 15) is 0 Å². The van der Waals surface area contributed by atoms with Gasteiger partial charge in [-0.15, -0.1) is 0 Å². The van der Waals surface area contributed by atoms with Crippen molar-refractivity contribution in [1.82, 2.24) is 9.97 Å². The average Bonchev–Trinajstić information content (AvgIpc) is 2.99. The predicted molar refractivity (Wildman–Crippen MR) is 48.1 cm³/mol. The molecule has 4 nitrogen and oxygen atoms in total. The third-order valence-electron chi connectivity index (χ3n) is 2.07. The van der Waals surface area contributed by atoms with Crippen LogP contribution in [-0.4, -0.2) is 16.6 Å². The van der Waals surface area contributed by atoms with Crippen molar-refractivity contribution < 1.29 is 4.74 Å². The first kappa shape index (κ1) is 8.44. The molecule has 0 spiro atoms. The minimum absolute atomic E-state index is 0.433. The Bertz CT molecular complexity index is 286. The van der Waals surface area contributed by atoms with Crippen molar-refractivity contribution in [3.8, 4) is 5.88 Å². The molecule has 0 bridgehead atoms. The van der Waals surface area contributed by atoms with Crippen molar-refractivity contribution in [2.45, 2.75) is 19.4 Å². The molecule has 1 aliphatic carbocycles. The number of nitrogens with two attached hydrogens (primary N) is 1. The largest absolute Gasteiger partial charge is 0.477 e. The van der Waals surface area contributed by atoms with Crippen molar-refractivity contribution in [1.29, 1.82) is 0 Å². The summed E-state index contributed by atoms with van der Waals surface area (Å²) in [4.78, 5) is 7.98. The fourth-order valence-electron chi connectivity index (χ4n) is 1.06. The average molecular weight is 179 g/mol. The van der Waals surface area contributed by atoms with Gasteiger partial charge in [-0.25, -0.2) is 9.97 Å². The van der Waals surface area contributed by atoms with Crippen LogP contribution in [0.25, 0.3) is 0 Å². The number of hydrogen-bond donors (Lipinski definition) is 1. The second-order valence-corrected chi connectivity index (χ2v) is 3.31. The molecule has 0 unspecified atom stereocenters. The molecule has 0 aliphatic heterocycles. The molecule has 2 N–H and O–H groups in total. The van der Waals surface area contributed by atoms with Gasteiger partial charge in [-0.1, -0.05) is 0 Å². The molecule has 0 saturated heterocycles. The fourth-order valence-corrected chi connectivity index (χ4v) is 1.06. The number of rotatable bonds is 4. The number of aromatic nitrogens is 2. The van der Waals surface area contributed by atoms with Crippen LogP contribution in [0.2, 0.25) is 0 Å². The van der Waals surface area contributed by atoms with Crippen LogP contribution in [0.5, 0.6) is 5.88 Å². The zero-order valence-electron chi connectivity index (χ0n) is 7.44. The highest BCUT2D eigenvalue weighted by Gasteiger charge is 2.22. The van der Waals surface area contributed by atoms with Gasteiger partial charge in [0, 0.05) is 12.6 Å². The molecule has 0 amide bonds. The van der Waals surface area contributed by atoms with Crippen LogP contribution in [0.4, 0.5) is 0 Å². The first-order valence-electron chi connectivity index (χ1n) is 4.52. The van der Waals surface area contributed by atoms with E-state index in [0.29, 0.717) is 12.4 Å². The van der Waals surface area contributed by atoms with E-state index in [1.807, 2.05) is 0 Å². The third-order valence-corrected chi connectivity index (χ3v) is 2.07. The topological polar surface area (TPSA) is 61.0 Å². The van der Waals surface area contributed by atoms with Crippen LogP contribution >= 0.6 is 0 Å². The second-order valence-electron chi connectivity index (χ2n) is 3.31. The predicted octanol–water partition coefficient (Wildman–Crippen LogP) is 0.724. The van der Waals surface area contributed by atoms with E-state index in [1.165, 1.54) is 19.2 Å². The van der Waals surface area contributed by atoms with Gasteiger partial charge in [-0.05, 0) is 18.8 Å². The zero-order valence-corrected chi connectivity index (χ0v) is 7.44. The molecule has 0 aromatic carbocycles. The lowest BCUT2D eigenvalue weighted by atomic mass is 10.4. The van der Waals surface area contributed by atoms with E-state index < -0.39 is 0 Å². The summed E-state index contributed by atoms with van der Waals surface area (Å²) in [6.07, 6.45) is 4.06. The number of hydrogen-bond acceptors (Lipinski definition) is 4. The molecule has 1 heterocycles. The summed E-state index contributed by atoms with van der Waals surface area (Å²) in [5, 5.41) is 0. The highest BCUT2D eigenvalue weighted by atomic mass is 16.5. The van der Waals surface area contributed by atoms with E-state index >= 15 is 0 Å². The fraction of sp³-hybridized carbons (Fsp3) is 0.556. The van der Waals surface area contributed by atoms with Crippen LogP contribution in [-0.2, 0) is 6.54 Å². The Kier molecular flexibility index (Phi) is 2.40. The van der Waals surface area contributed by atoms with Crippen LogP contribution < -0.4 is 10.5 Å². The molecule has 70 valence electrons. The molecule has 1 aliphatic rings. The third kappa shape index (κ3) is 2.39. The summed E-state index contributed by atoms with van der Waals surface area (Å²) in [5.41, 5.74) is 6.26. The van der Waals surface area contributed by atoms with Crippen LogP contribution in [0.3, 0.4) is 0 Å². The minimum atomic E-state index is 0.433. The van der Waals surface area contributed by atoms with Gasteiger partial charge in [0.1, 0.15) is 6.33 Å². The van der Waals surface area contributed by atoms with Crippen molar-refractivity contribution in [3.05, 3.63) is 18.1 Å². The van der Waals surface area contributed by atoms with Gasteiger partial charge in [0.25, 0.3) is 0 Å². The van der Waals surface area contributed by atoms with E-state index in [1.54, 1.807) is 6.07 Å². The number of nitrogens with zero attached hydrogens (tertiary/aromatic N) is 2. The van der Waals surface area contributed by atoms with E-state index in [2.05, 4.69) is 9.97 Å². The molecule has 2 rings (SSSR count). The summed E-state index contributed by atoms with van der Waals surface area (Å²) >= 11 is 0. The SMILES string of the molecule is NCc1cc(OCC2CC2)ncn1. The Morgan fingerprint density at radius 3 is 3.00 bits per heavy atom. The van der Waals surface area contributed by atoms with Crippen molar-refractivity contribution in [2.24, 2.45) is 11.7 Å². The van der Waals surface area contributed by atoms with E-state index in [4.69, 9.17) is 10.5 Å². The Hall–Kier alpha value is -1.16. The van der Waals surface area contributed by atoms with Gasteiger partial charge < -0.3 is 10.5 Å². The van der Waals surface area contributed by atoms with Crippen LogP contribution in [0.15, 0.2) is 12.4 Å². The van der Waals surface area contributed by atoms with Gasteiger partial charge in [-0.3, -0.25) is 0 Å². The van der Waals surface area contributed by atoms with Gasteiger partial charge in [-0.2, -0.15) is 0 Å². The zero-order chi connectivity index (χ0) is 9.10. The second kappa shape index (κ2) is 3.70. The van der Waals surface area contributed by atoms with E-state index in [-0.39, 0.29) is 0 Å². The normalized spacial score (nSPS) is 15.8. The maximum Gasteiger partial charge on any atom is 0.216 e. The van der Waals surface area contributed by atoms with Crippen LogP contribution in [0, 0.1) is 5.92 Å². The van der Waals surface area contributed by atoms with Gasteiger partial charge in [0.2, 0.25) is 5.88 Å². The standard InChI is InChI=1S/C9H13N3O/c10-4-8-3-9(12-6-11-8)13-5-7-1-2-7/h3,6-7H,1-2,4-5,10H2. The number of ether oxygens (including phenoxy) is 1. The van der Waals surface area contributed by atoms with Crippen molar-refractivity contribution >= 4 is 0 Å². The monoisotopic (exact) mass is 179 g/mol. The summed E-state index contributed by atoms with van der Waals surface area (Å²) in [5.74, 6) is 1.39. The van der Waals surface area contributed by atoms with Gasteiger partial charge >= 0.3 is 0 Å². The smallest absolute Gasteiger partial charge is 0.216 e. The van der Waals surface area contributed by atoms with Crippen molar-refractivity contribution in [2.75, 3.05) is 6.61 Å². The summed E-state index contributed by atoms with van der Waals surface area (Å²) in [7, 11) is 0. The summed E-state index contributed by atoms with van der Waals surface area (Å²) in [6.45, 7) is 1.21. The quantitative estimate of drug-likeness (QED) is 0.740. The Morgan fingerprint density at radius 2 is 2.31 bits per heavy atom. The highest BCUT2D eigenvalue weighted by molar-refractivity contribution is 5.13. The minimum Gasteiger partial charge on any atom is -0.477 e. The molecule has 0 atom stereocenters. The lowest BCUT2D eigenvalue weighted by molar-refractivity contribution is 0.287. The molecule has 13 heavy (non-hydrogen) atoms.